The lowest BCUT2D eigenvalue weighted by atomic mass is 9.33. The van der Waals surface area contributed by atoms with Gasteiger partial charge in [0.25, 0.3) is 0 Å². The summed E-state index contributed by atoms with van der Waals surface area (Å²) < 4.78 is 46.5. The van der Waals surface area contributed by atoms with Crippen molar-refractivity contribution in [1.82, 2.24) is 0 Å². The number of fused-ring (bicyclic) bond motifs is 7. The maximum atomic E-state index is 15.1. The Morgan fingerprint density at radius 3 is 1.87 bits per heavy atom. The van der Waals surface area contributed by atoms with Crippen LogP contribution in [0.25, 0.3) is 0 Å². The number of carbonyl (C=O) groups is 2. The molecule has 0 bridgehead atoms. The lowest BCUT2D eigenvalue weighted by molar-refractivity contribution is -0.365. The average molecular weight is 1110 g/mol. The third-order valence-corrected chi connectivity index (χ3v) is 21.1. The molecule has 28 atom stereocenters. The maximum Gasteiger partial charge on any atom is 0.315 e. The highest BCUT2D eigenvalue weighted by Crippen LogP contribution is 2.76. The van der Waals surface area contributed by atoms with Gasteiger partial charge in [-0.15, -0.1) is 0 Å². The van der Waals surface area contributed by atoms with Gasteiger partial charge in [-0.25, -0.2) is 0 Å². The van der Waals surface area contributed by atoms with Crippen LogP contribution in [-0.4, -0.2) is 233 Å². The Kier molecular flexibility index (Phi) is 16.7. The molecule has 0 radical (unpaired) electrons. The van der Waals surface area contributed by atoms with Crippen molar-refractivity contribution in [3.8, 4) is 0 Å². The highest BCUT2D eigenvalue weighted by atomic mass is 16.8. The lowest BCUT2D eigenvalue weighted by Crippen LogP contribution is -2.67. The van der Waals surface area contributed by atoms with E-state index in [2.05, 4.69) is 40.7 Å². The minimum atomic E-state index is -1.93. The van der Waals surface area contributed by atoms with Gasteiger partial charge in [0.2, 0.25) is 6.29 Å². The molecule has 77 heavy (non-hydrogen) atoms. The van der Waals surface area contributed by atoms with Crippen LogP contribution in [-0.2, 0) is 47.5 Å². The molecule has 4 saturated carbocycles. The first-order valence-electron chi connectivity index (χ1n) is 27.4. The summed E-state index contributed by atoms with van der Waals surface area (Å²) >= 11 is 0. The fourth-order valence-electron chi connectivity index (χ4n) is 16.1. The quantitative estimate of drug-likeness (QED) is 0.0554. The standard InChI is InChI=1S/C53H84O24/c1-48(2)13-15-53(47(69)77-45-39(65)36(62)33(59)27(74-45)21-71-43-40(66)41(34(60)26(19-55)72-43)76-44-38(64)35(61)32(58)25(18-54)73-44)16-14-50(4)22(23(53)17-48)7-8-28-49(3)11-10-30(75-42-37(63)31(57)24(56)20-70-42)52(6,46(67)68)29(49)9-12-51(28,50)5/h7,23-45,54-66H,8-21H2,1-6H3,(H,67,68)/t23-,24+,25+,26+,27+,28+,29+,30-,31-,32+,33-,34+,35-,36-,37+,38+,39+,40+,41-,42-,43+,44-,45-,49+,50+,51+,52-,53-/m0/s1. The minimum absolute atomic E-state index is 0.0186. The summed E-state index contributed by atoms with van der Waals surface area (Å²) in [6.07, 6.45) is -25.3. The average Bonchev–Trinajstić information content (AvgIpc) is 3.52. The normalized spacial score (nSPS) is 53.6. The SMILES string of the molecule is CC1(C)CC[C@]2(C(=O)O[C@@H]3O[C@H](CO[C@@H]4O[C@H](CO)[C@@H](O)[C@H](O[C@@H]5O[C@H](CO)[C@@H](O)[C@H](O)[C@H]5O)[C@H]4O)[C@H](O)[C@H](O)[C@H]3O)CC[C@]3(C)C(=CC[C@@H]4[C@@]5(C)CC[C@H](O[C@@H]6OC[C@@H](O)[C@H](O)[C@H]6O)[C@@](C)(C(=O)O)[C@@H]5CC[C@]43C)[C@@H]2C1. The number of allylic oxidation sites excluding steroid dienone is 2. The molecule has 9 rings (SSSR count). The Bertz CT molecular complexity index is 2170. The molecular formula is C53H84O24. The van der Waals surface area contributed by atoms with E-state index in [-0.39, 0.29) is 35.2 Å². The molecule has 4 aliphatic heterocycles. The van der Waals surface area contributed by atoms with Gasteiger partial charge in [-0.2, -0.15) is 0 Å². The molecule has 0 aromatic rings. The highest BCUT2D eigenvalue weighted by Gasteiger charge is 2.72. The number of ether oxygens (including phenoxy) is 8. The number of carbonyl (C=O) groups excluding carboxylic acids is 1. The van der Waals surface area contributed by atoms with Crippen molar-refractivity contribution < 1.29 is 119 Å². The van der Waals surface area contributed by atoms with E-state index in [0.29, 0.717) is 64.2 Å². The van der Waals surface area contributed by atoms with Crippen LogP contribution in [0.3, 0.4) is 0 Å². The summed E-state index contributed by atoms with van der Waals surface area (Å²) in [4.78, 5) is 28.7. The van der Waals surface area contributed by atoms with E-state index in [4.69, 9.17) is 37.9 Å². The predicted molar refractivity (Wildman–Crippen MR) is 259 cm³/mol. The molecule has 0 spiro atoms. The summed E-state index contributed by atoms with van der Waals surface area (Å²) in [5.74, 6) is -2.34. The van der Waals surface area contributed by atoms with Crippen LogP contribution in [0.5, 0.6) is 0 Å². The van der Waals surface area contributed by atoms with Gasteiger partial charge in [0.1, 0.15) is 91.6 Å². The summed E-state index contributed by atoms with van der Waals surface area (Å²) in [5, 5.41) is 149. The van der Waals surface area contributed by atoms with Crippen LogP contribution in [0, 0.1) is 50.2 Å². The van der Waals surface area contributed by atoms with E-state index in [1.165, 1.54) is 0 Å². The molecule has 0 unspecified atom stereocenters. The fraction of sp³-hybridized carbons (Fsp3) is 0.925. The number of aliphatic hydroxyl groups is 13. The molecule has 0 aromatic heterocycles. The second-order valence-electron chi connectivity index (χ2n) is 25.6. The monoisotopic (exact) mass is 1100 g/mol. The first-order valence-corrected chi connectivity index (χ1v) is 27.4. The van der Waals surface area contributed by atoms with Crippen molar-refractivity contribution in [3.63, 3.8) is 0 Å². The highest BCUT2D eigenvalue weighted by molar-refractivity contribution is 5.79. The summed E-state index contributed by atoms with van der Waals surface area (Å²) in [6.45, 7) is 10.2. The topological polar surface area (TPSA) is 391 Å². The van der Waals surface area contributed by atoms with Gasteiger partial charge < -0.3 is 109 Å². The Morgan fingerprint density at radius 2 is 1.21 bits per heavy atom. The molecule has 5 aliphatic carbocycles. The van der Waals surface area contributed by atoms with Crippen LogP contribution in [0.15, 0.2) is 11.6 Å². The van der Waals surface area contributed by atoms with E-state index >= 15 is 4.79 Å². The van der Waals surface area contributed by atoms with Crippen molar-refractivity contribution in [3.05, 3.63) is 11.6 Å². The van der Waals surface area contributed by atoms with Crippen molar-refractivity contribution in [1.29, 1.82) is 0 Å². The summed E-state index contributed by atoms with van der Waals surface area (Å²) in [6, 6.07) is 0. The summed E-state index contributed by atoms with van der Waals surface area (Å²) in [7, 11) is 0. The van der Waals surface area contributed by atoms with E-state index in [1.54, 1.807) is 6.92 Å². The molecule has 24 nitrogen and oxygen atoms in total. The summed E-state index contributed by atoms with van der Waals surface area (Å²) in [5.41, 5.74) is -2.85. The zero-order valence-electron chi connectivity index (χ0n) is 44.6. The molecule has 4 saturated heterocycles. The minimum Gasteiger partial charge on any atom is -0.481 e. The van der Waals surface area contributed by atoms with Crippen LogP contribution in [0.2, 0.25) is 0 Å². The molecule has 14 N–H and O–H groups in total. The van der Waals surface area contributed by atoms with E-state index in [0.717, 1.165) is 5.57 Å². The number of carboxylic acid groups (broad SMARTS) is 1. The Morgan fingerprint density at radius 1 is 0.610 bits per heavy atom. The number of rotatable bonds is 12. The van der Waals surface area contributed by atoms with Gasteiger partial charge in [0.15, 0.2) is 18.9 Å². The zero-order valence-corrected chi connectivity index (χ0v) is 44.6. The smallest absolute Gasteiger partial charge is 0.315 e. The van der Waals surface area contributed by atoms with Gasteiger partial charge >= 0.3 is 11.9 Å². The Balaban J connectivity index is 0.918. The van der Waals surface area contributed by atoms with Gasteiger partial charge in [-0.05, 0) is 111 Å². The zero-order chi connectivity index (χ0) is 56.3. The number of aliphatic hydroxyl groups excluding tert-OH is 13. The fourth-order valence-corrected chi connectivity index (χ4v) is 16.1. The van der Waals surface area contributed by atoms with Crippen LogP contribution in [0.4, 0.5) is 0 Å². The van der Waals surface area contributed by atoms with E-state index in [9.17, 15) is 76.3 Å². The Hall–Kier alpha value is -2.12. The largest absolute Gasteiger partial charge is 0.481 e. The molecular weight excluding hydrogens is 1020 g/mol. The third-order valence-electron chi connectivity index (χ3n) is 21.1. The van der Waals surface area contributed by atoms with Crippen molar-refractivity contribution in [2.24, 2.45) is 50.2 Å². The first kappa shape index (κ1) is 59.5. The van der Waals surface area contributed by atoms with Crippen molar-refractivity contribution >= 4 is 11.9 Å². The van der Waals surface area contributed by atoms with Crippen molar-refractivity contribution in [2.75, 3.05) is 26.4 Å². The maximum absolute atomic E-state index is 15.1. The van der Waals surface area contributed by atoms with Gasteiger partial charge in [0.05, 0.1) is 43.4 Å². The molecule has 0 amide bonds. The van der Waals surface area contributed by atoms with Crippen LogP contribution < -0.4 is 0 Å². The second kappa shape index (κ2) is 21.6. The molecule has 24 heteroatoms. The lowest BCUT2D eigenvalue weighted by Gasteiger charge is -2.71. The van der Waals surface area contributed by atoms with Crippen LogP contribution in [0.1, 0.15) is 106 Å². The third kappa shape index (κ3) is 9.65. The molecule has 4 heterocycles. The number of aliphatic carboxylic acids is 1. The van der Waals surface area contributed by atoms with Gasteiger partial charge in [-0.1, -0.05) is 46.3 Å². The first-order chi connectivity index (χ1) is 36.0. The van der Waals surface area contributed by atoms with Crippen molar-refractivity contribution in [2.45, 2.75) is 229 Å². The Labute approximate surface area is 446 Å². The molecule has 8 fully saturated rings. The molecule has 9 aliphatic rings. The number of hydrogen-bond acceptors (Lipinski definition) is 23. The van der Waals surface area contributed by atoms with E-state index < -0.39 is 176 Å². The molecule has 440 valence electrons. The van der Waals surface area contributed by atoms with Gasteiger partial charge in [-0.3, -0.25) is 9.59 Å². The van der Waals surface area contributed by atoms with Gasteiger partial charge in [0, 0.05) is 0 Å². The number of hydrogen-bond donors (Lipinski definition) is 14. The number of carboxylic acids is 1. The number of esters is 1. The second-order valence-corrected chi connectivity index (χ2v) is 25.6. The van der Waals surface area contributed by atoms with E-state index in [1.807, 2.05) is 0 Å². The molecule has 0 aromatic carbocycles. The van der Waals surface area contributed by atoms with Crippen LogP contribution >= 0.6 is 0 Å². The predicted octanol–water partition coefficient (Wildman–Crippen LogP) is -2.33.